The Morgan fingerprint density at radius 1 is 1.08 bits per heavy atom. The Bertz CT molecular complexity index is 935. The zero-order valence-electron chi connectivity index (χ0n) is 14.0. The van der Waals surface area contributed by atoms with Crippen LogP contribution in [-0.4, -0.2) is 28.0 Å². The first-order chi connectivity index (χ1) is 12.5. The van der Waals surface area contributed by atoms with Crippen molar-refractivity contribution in [3.63, 3.8) is 0 Å². The van der Waals surface area contributed by atoms with Gasteiger partial charge < -0.3 is 15.4 Å². The van der Waals surface area contributed by atoms with Gasteiger partial charge in [0.15, 0.2) is 0 Å². The van der Waals surface area contributed by atoms with Gasteiger partial charge in [-0.25, -0.2) is 9.18 Å². The van der Waals surface area contributed by atoms with Crippen molar-refractivity contribution in [2.45, 2.75) is 25.3 Å². The number of hydrogen-bond acceptors (Lipinski definition) is 2. The number of hydrogen-bond donors (Lipinski definition) is 3. The molecule has 6 heteroatoms. The van der Waals surface area contributed by atoms with Crippen LogP contribution < -0.4 is 5.32 Å². The summed E-state index contributed by atoms with van der Waals surface area (Å²) in [5.41, 5.74) is 2.17. The Balaban J connectivity index is 1.64. The van der Waals surface area contributed by atoms with Gasteiger partial charge in [-0.15, -0.1) is 0 Å². The number of rotatable bonds is 7. The van der Waals surface area contributed by atoms with Gasteiger partial charge in [-0.3, -0.25) is 4.79 Å². The second-order valence-electron chi connectivity index (χ2n) is 6.11. The number of halogens is 1. The Hall–Kier alpha value is -3.15. The van der Waals surface area contributed by atoms with Crippen LogP contribution in [0, 0.1) is 5.82 Å². The highest BCUT2D eigenvalue weighted by Crippen LogP contribution is 2.19. The zero-order chi connectivity index (χ0) is 18.5. The van der Waals surface area contributed by atoms with Crippen LogP contribution >= 0.6 is 0 Å². The Morgan fingerprint density at radius 2 is 1.81 bits per heavy atom. The lowest BCUT2D eigenvalue weighted by atomic mass is 10.0. The number of aliphatic carboxylic acids is 1. The number of aryl methyl sites for hydroxylation is 1. The molecule has 0 bridgehead atoms. The molecule has 0 fully saturated rings. The van der Waals surface area contributed by atoms with Gasteiger partial charge in [-0.2, -0.15) is 0 Å². The molecule has 1 heterocycles. The monoisotopic (exact) mass is 354 g/mol. The maximum absolute atomic E-state index is 13.6. The highest BCUT2D eigenvalue weighted by Gasteiger charge is 2.21. The highest BCUT2D eigenvalue weighted by molar-refractivity contribution is 5.86. The van der Waals surface area contributed by atoms with E-state index in [1.807, 2.05) is 24.3 Å². The zero-order valence-corrected chi connectivity index (χ0v) is 14.0. The van der Waals surface area contributed by atoms with E-state index in [9.17, 15) is 19.1 Å². The molecule has 1 amide bonds. The van der Waals surface area contributed by atoms with E-state index >= 15 is 0 Å². The van der Waals surface area contributed by atoms with Gasteiger partial charge >= 0.3 is 5.97 Å². The number of H-pyrrole nitrogens is 1. The van der Waals surface area contributed by atoms with Gasteiger partial charge in [0, 0.05) is 29.9 Å². The van der Waals surface area contributed by atoms with Crippen molar-refractivity contribution in [1.29, 1.82) is 0 Å². The summed E-state index contributed by atoms with van der Waals surface area (Å²) in [6.07, 6.45) is 2.17. The van der Waals surface area contributed by atoms with E-state index in [0.29, 0.717) is 5.56 Å². The van der Waals surface area contributed by atoms with Gasteiger partial charge in [0.25, 0.3) is 0 Å². The number of para-hydroxylation sites is 1. The summed E-state index contributed by atoms with van der Waals surface area (Å²) < 4.78 is 13.6. The van der Waals surface area contributed by atoms with Gasteiger partial charge in [-0.05, 0) is 29.7 Å². The fourth-order valence-corrected chi connectivity index (χ4v) is 2.94. The second kappa shape index (κ2) is 7.82. The van der Waals surface area contributed by atoms with Crippen LogP contribution in [0.1, 0.15) is 17.5 Å². The predicted octanol–water partition coefficient (Wildman–Crippen LogP) is 3.05. The highest BCUT2D eigenvalue weighted by atomic mass is 19.1. The van der Waals surface area contributed by atoms with Crippen molar-refractivity contribution in [3.8, 4) is 0 Å². The summed E-state index contributed by atoms with van der Waals surface area (Å²) in [5, 5.41) is 12.9. The molecular formula is C20H19FN2O3. The maximum Gasteiger partial charge on any atom is 0.326 e. The molecular weight excluding hydrogens is 335 g/mol. The smallest absolute Gasteiger partial charge is 0.326 e. The standard InChI is InChI=1S/C20H19FN2O3/c21-16-7-3-1-5-13(16)9-10-19(24)23-18(20(25)26)11-14-12-22-17-8-4-2-6-15(14)17/h1-8,12,18,22H,9-11H2,(H,23,24)(H,25,26)/t18-/m1/s1. The van der Waals surface area contributed by atoms with Gasteiger partial charge in [0.1, 0.15) is 11.9 Å². The fraction of sp³-hybridized carbons (Fsp3) is 0.200. The third kappa shape index (κ3) is 4.08. The molecule has 134 valence electrons. The molecule has 26 heavy (non-hydrogen) atoms. The van der Waals surface area contributed by atoms with Crippen LogP contribution in [-0.2, 0) is 22.4 Å². The lowest BCUT2D eigenvalue weighted by molar-refractivity contribution is -0.141. The molecule has 1 aromatic heterocycles. The molecule has 3 rings (SSSR count). The quantitative estimate of drug-likeness (QED) is 0.610. The summed E-state index contributed by atoms with van der Waals surface area (Å²) in [4.78, 5) is 26.8. The van der Waals surface area contributed by atoms with Crippen LogP contribution in [0.25, 0.3) is 10.9 Å². The van der Waals surface area contributed by atoms with Gasteiger partial charge in [0.2, 0.25) is 5.91 Å². The molecule has 1 atom stereocenters. The Labute approximate surface area is 149 Å². The lowest BCUT2D eigenvalue weighted by Gasteiger charge is -2.14. The van der Waals surface area contributed by atoms with E-state index < -0.39 is 17.9 Å². The molecule has 3 aromatic rings. The summed E-state index contributed by atoms with van der Waals surface area (Å²) in [7, 11) is 0. The Kier molecular flexibility index (Phi) is 5.31. The molecule has 0 spiro atoms. The first-order valence-corrected chi connectivity index (χ1v) is 8.35. The van der Waals surface area contributed by atoms with Crippen LogP contribution in [0.3, 0.4) is 0 Å². The number of carboxylic acid groups (broad SMARTS) is 1. The van der Waals surface area contributed by atoms with E-state index in [-0.39, 0.29) is 25.1 Å². The number of carbonyl (C=O) groups is 2. The van der Waals surface area contributed by atoms with Crippen LogP contribution in [0.15, 0.2) is 54.7 Å². The number of aromatic nitrogens is 1. The lowest BCUT2D eigenvalue weighted by Crippen LogP contribution is -2.42. The molecule has 0 aliphatic heterocycles. The van der Waals surface area contributed by atoms with E-state index in [1.54, 1.807) is 24.4 Å². The molecule has 0 saturated heterocycles. The van der Waals surface area contributed by atoms with Gasteiger partial charge in [0.05, 0.1) is 0 Å². The minimum Gasteiger partial charge on any atom is -0.480 e. The molecule has 0 saturated carbocycles. The van der Waals surface area contributed by atoms with Crippen molar-refractivity contribution in [1.82, 2.24) is 10.3 Å². The summed E-state index contributed by atoms with van der Waals surface area (Å²) in [6.45, 7) is 0. The molecule has 0 radical (unpaired) electrons. The van der Waals surface area contributed by atoms with Crippen molar-refractivity contribution in [2.24, 2.45) is 0 Å². The van der Waals surface area contributed by atoms with Crippen molar-refractivity contribution in [2.75, 3.05) is 0 Å². The molecule has 0 unspecified atom stereocenters. The van der Waals surface area contributed by atoms with E-state index in [1.165, 1.54) is 6.07 Å². The molecule has 3 N–H and O–H groups in total. The first kappa shape index (κ1) is 17.7. The number of benzene rings is 2. The number of carbonyl (C=O) groups excluding carboxylic acids is 1. The Morgan fingerprint density at radius 3 is 2.58 bits per heavy atom. The molecule has 2 aromatic carbocycles. The third-order valence-electron chi connectivity index (χ3n) is 4.31. The molecule has 5 nitrogen and oxygen atoms in total. The average molecular weight is 354 g/mol. The van der Waals surface area contributed by atoms with Gasteiger partial charge in [-0.1, -0.05) is 36.4 Å². The van der Waals surface area contributed by atoms with Crippen LogP contribution in [0.4, 0.5) is 4.39 Å². The van der Waals surface area contributed by atoms with E-state index in [0.717, 1.165) is 16.5 Å². The number of carboxylic acids is 1. The predicted molar refractivity (Wildman–Crippen MR) is 96.3 cm³/mol. The minimum atomic E-state index is -1.10. The second-order valence-corrected chi connectivity index (χ2v) is 6.11. The van der Waals surface area contributed by atoms with Crippen LogP contribution in [0.5, 0.6) is 0 Å². The van der Waals surface area contributed by atoms with E-state index in [2.05, 4.69) is 10.3 Å². The van der Waals surface area contributed by atoms with Crippen molar-refractivity contribution < 1.29 is 19.1 Å². The first-order valence-electron chi connectivity index (χ1n) is 8.35. The number of fused-ring (bicyclic) bond motifs is 1. The number of amides is 1. The van der Waals surface area contributed by atoms with Crippen LogP contribution in [0.2, 0.25) is 0 Å². The third-order valence-corrected chi connectivity index (χ3v) is 4.31. The normalized spacial score (nSPS) is 12.0. The summed E-state index contributed by atoms with van der Waals surface area (Å²) >= 11 is 0. The topological polar surface area (TPSA) is 82.2 Å². The van der Waals surface area contributed by atoms with E-state index in [4.69, 9.17) is 0 Å². The number of aromatic amines is 1. The van der Waals surface area contributed by atoms with Crippen molar-refractivity contribution >= 4 is 22.8 Å². The maximum atomic E-state index is 13.6. The molecule has 0 aliphatic rings. The average Bonchev–Trinajstić information content (AvgIpc) is 3.03. The summed E-state index contributed by atoms with van der Waals surface area (Å²) in [6, 6.07) is 12.8. The van der Waals surface area contributed by atoms with Crippen molar-refractivity contribution in [3.05, 3.63) is 71.7 Å². The minimum absolute atomic E-state index is 0.0264. The summed E-state index contributed by atoms with van der Waals surface area (Å²) in [5.74, 6) is -1.89. The molecule has 0 aliphatic carbocycles. The fourth-order valence-electron chi connectivity index (χ4n) is 2.94. The largest absolute Gasteiger partial charge is 0.480 e. The SMILES string of the molecule is O=C(CCc1ccccc1F)N[C@H](Cc1c[nH]c2ccccc12)C(=O)O. The number of nitrogens with one attached hydrogen (secondary N) is 2.